The SMILES string of the molecule is COc1ccccc1O[C@H](C)C(=O)N(Cc1ccc(F)cc1Cl)c1ccccn1. The van der Waals surface area contributed by atoms with E-state index in [4.69, 9.17) is 21.1 Å². The molecule has 1 amide bonds. The normalized spacial score (nSPS) is 11.6. The van der Waals surface area contributed by atoms with Crippen LogP contribution < -0.4 is 14.4 Å². The molecule has 1 heterocycles. The number of methoxy groups -OCH3 is 1. The van der Waals surface area contributed by atoms with Crippen molar-refractivity contribution in [2.75, 3.05) is 12.0 Å². The molecule has 1 atom stereocenters. The predicted octanol–water partition coefficient (Wildman–Crippen LogP) is 4.88. The van der Waals surface area contributed by atoms with E-state index in [0.29, 0.717) is 22.9 Å². The molecule has 7 heteroatoms. The molecule has 0 spiro atoms. The number of hydrogen-bond acceptors (Lipinski definition) is 4. The number of rotatable bonds is 7. The number of hydrogen-bond donors (Lipinski definition) is 0. The molecule has 5 nitrogen and oxygen atoms in total. The first kappa shape index (κ1) is 20.6. The first-order valence-electron chi connectivity index (χ1n) is 8.95. The van der Waals surface area contributed by atoms with E-state index in [0.717, 1.165) is 0 Å². The second kappa shape index (κ2) is 9.39. The van der Waals surface area contributed by atoms with Gasteiger partial charge in [0.25, 0.3) is 5.91 Å². The van der Waals surface area contributed by atoms with E-state index in [1.54, 1.807) is 55.6 Å². The number of carbonyl (C=O) groups excluding carboxylic acids is 1. The Morgan fingerprint density at radius 2 is 1.86 bits per heavy atom. The first-order valence-corrected chi connectivity index (χ1v) is 9.33. The van der Waals surface area contributed by atoms with Crippen LogP contribution in [0.4, 0.5) is 10.2 Å². The first-order chi connectivity index (χ1) is 14.0. The highest BCUT2D eigenvalue weighted by Crippen LogP contribution is 2.28. The third-order valence-corrected chi connectivity index (χ3v) is 4.61. The topological polar surface area (TPSA) is 51.7 Å². The fourth-order valence-electron chi connectivity index (χ4n) is 2.78. The van der Waals surface area contributed by atoms with Crippen molar-refractivity contribution in [3.05, 3.63) is 83.3 Å². The van der Waals surface area contributed by atoms with Gasteiger partial charge in [0.2, 0.25) is 0 Å². The van der Waals surface area contributed by atoms with Crippen LogP contribution in [-0.2, 0) is 11.3 Å². The monoisotopic (exact) mass is 414 g/mol. The molecule has 0 aliphatic heterocycles. The summed E-state index contributed by atoms with van der Waals surface area (Å²) < 4.78 is 24.5. The number of para-hydroxylation sites is 2. The Balaban J connectivity index is 1.88. The fraction of sp³-hybridized carbons (Fsp3) is 0.182. The molecule has 0 fully saturated rings. The Kier molecular flexibility index (Phi) is 6.67. The number of ether oxygens (including phenoxy) is 2. The van der Waals surface area contributed by atoms with E-state index in [-0.39, 0.29) is 17.5 Å². The van der Waals surface area contributed by atoms with E-state index < -0.39 is 11.9 Å². The van der Waals surface area contributed by atoms with Crippen LogP contribution in [0.25, 0.3) is 0 Å². The van der Waals surface area contributed by atoms with Crippen LogP contribution in [0.2, 0.25) is 5.02 Å². The molecule has 0 bridgehead atoms. The average Bonchev–Trinajstić information content (AvgIpc) is 2.73. The lowest BCUT2D eigenvalue weighted by Gasteiger charge is -2.26. The summed E-state index contributed by atoms with van der Waals surface area (Å²) in [7, 11) is 1.53. The third kappa shape index (κ3) is 5.03. The summed E-state index contributed by atoms with van der Waals surface area (Å²) in [4.78, 5) is 19.0. The second-order valence-corrected chi connectivity index (χ2v) is 6.67. The van der Waals surface area contributed by atoms with Crippen LogP contribution in [0, 0.1) is 5.82 Å². The van der Waals surface area contributed by atoms with Gasteiger partial charge in [-0.05, 0) is 48.9 Å². The highest BCUT2D eigenvalue weighted by atomic mass is 35.5. The molecule has 3 rings (SSSR count). The van der Waals surface area contributed by atoms with Gasteiger partial charge in [0.1, 0.15) is 11.6 Å². The predicted molar refractivity (Wildman–Crippen MR) is 110 cm³/mol. The van der Waals surface area contributed by atoms with Gasteiger partial charge in [-0.25, -0.2) is 9.37 Å². The zero-order chi connectivity index (χ0) is 20.8. The Hall–Kier alpha value is -3.12. The van der Waals surface area contributed by atoms with Crippen LogP contribution in [0.3, 0.4) is 0 Å². The summed E-state index contributed by atoms with van der Waals surface area (Å²) in [5.74, 6) is 0.653. The second-order valence-electron chi connectivity index (χ2n) is 6.26. The van der Waals surface area contributed by atoms with Gasteiger partial charge >= 0.3 is 0 Å². The Morgan fingerprint density at radius 1 is 1.14 bits per heavy atom. The molecule has 0 saturated carbocycles. The van der Waals surface area contributed by atoms with E-state index in [1.807, 2.05) is 6.07 Å². The molecule has 1 aromatic heterocycles. The molecular formula is C22H20ClFN2O3. The number of amides is 1. The van der Waals surface area contributed by atoms with Crippen LogP contribution in [0.1, 0.15) is 12.5 Å². The van der Waals surface area contributed by atoms with Crippen molar-refractivity contribution in [2.24, 2.45) is 0 Å². The molecule has 150 valence electrons. The average molecular weight is 415 g/mol. The fourth-order valence-corrected chi connectivity index (χ4v) is 3.01. The summed E-state index contributed by atoms with van der Waals surface area (Å²) >= 11 is 6.17. The molecule has 0 saturated heterocycles. The van der Waals surface area contributed by atoms with Crippen molar-refractivity contribution in [3.8, 4) is 11.5 Å². The Morgan fingerprint density at radius 3 is 2.52 bits per heavy atom. The minimum absolute atomic E-state index is 0.120. The maximum absolute atomic E-state index is 13.4. The van der Waals surface area contributed by atoms with Gasteiger partial charge in [-0.2, -0.15) is 0 Å². The number of nitrogens with zero attached hydrogens (tertiary/aromatic N) is 2. The maximum Gasteiger partial charge on any atom is 0.269 e. The largest absolute Gasteiger partial charge is 0.493 e. The van der Waals surface area contributed by atoms with Crippen molar-refractivity contribution < 1.29 is 18.7 Å². The minimum Gasteiger partial charge on any atom is -0.493 e. The summed E-state index contributed by atoms with van der Waals surface area (Å²) in [5, 5.41) is 0.233. The van der Waals surface area contributed by atoms with E-state index in [2.05, 4.69) is 4.98 Å². The highest BCUT2D eigenvalue weighted by molar-refractivity contribution is 6.31. The van der Waals surface area contributed by atoms with Crippen LogP contribution in [0.15, 0.2) is 66.9 Å². The minimum atomic E-state index is -0.826. The standard InChI is InChI=1S/C22H20ClFN2O3/c1-15(29-20-8-4-3-7-19(20)28-2)22(27)26(21-9-5-6-12-25-21)14-16-10-11-17(24)13-18(16)23/h3-13,15H,14H2,1-2H3/t15-/m1/s1. The molecule has 0 N–H and O–H groups in total. The highest BCUT2D eigenvalue weighted by Gasteiger charge is 2.26. The molecular weight excluding hydrogens is 395 g/mol. The number of benzene rings is 2. The lowest BCUT2D eigenvalue weighted by Crippen LogP contribution is -2.40. The van der Waals surface area contributed by atoms with Gasteiger partial charge in [0, 0.05) is 11.2 Å². The van der Waals surface area contributed by atoms with Gasteiger partial charge < -0.3 is 9.47 Å². The lowest BCUT2D eigenvalue weighted by molar-refractivity contribution is -0.124. The molecule has 0 aliphatic carbocycles. The maximum atomic E-state index is 13.4. The zero-order valence-corrected chi connectivity index (χ0v) is 16.8. The van der Waals surface area contributed by atoms with Crippen molar-refractivity contribution >= 4 is 23.3 Å². The van der Waals surface area contributed by atoms with Crippen molar-refractivity contribution in [1.29, 1.82) is 0 Å². The summed E-state index contributed by atoms with van der Waals surface area (Å²) in [6, 6.07) is 16.4. The molecule has 3 aromatic rings. The molecule has 0 unspecified atom stereocenters. The van der Waals surface area contributed by atoms with Crippen molar-refractivity contribution in [1.82, 2.24) is 4.98 Å². The molecule has 0 aliphatic rings. The quantitative estimate of drug-likeness (QED) is 0.552. The Labute approximate surface area is 173 Å². The van der Waals surface area contributed by atoms with Crippen molar-refractivity contribution in [2.45, 2.75) is 19.6 Å². The van der Waals surface area contributed by atoms with E-state index >= 15 is 0 Å². The van der Waals surface area contributed by atoms with Crippen LogP contribution in [0.5, 0.6) is 11.5 Å². The van der Waals surface area contributed by atoms with Gasteiger partial charge in [0.05, 0.1) is 13.7 Å². The van der Waals surface area contributed by atoms with Crippen molar-refractivity contribution in [3.63, 3.8) is 0 Å². The van der Waals surface area contributed by atoms with Crippen LogP contribution in [-0.4, -0.2) is 24.1 Å². The van der Waals surface area contributed by atoms with Gasteiger partial charge in [-0.15, -0.1) is 0 Å². The summed E-state index contributed by atoms with van der Waals surface area (Å²) in [6.45, 7) is 1.77. The molecule has 29 heavy (non-hydrogen) atoms. The third-order valence-electron chi connectivity index (χ3n) is 4.26. The number of halogens is 2. The van der Waals surface area contributed by atoms with Crippen LogP contribution >= 0.6 is 11.6 Å². The number of aromatic nitrogens is 1. The van der Waals surface area contributed by atoms with Gasteiger partial charge in [0.15, 0.2) is 17.6 Å². The zero-order valence-electron chi connectivity index (χ0n) is 16.0. The number of pyridine rings is 1. The number of anilines is 1. The number of carbonyl (C=O) groups is 1. The van der Waals surface area contributed by atoms with Gasteiger partial charge in [-0.1, -0.05) is 35.9 Å². The van der Waals surface area contributed by atoms with E-state index in [9.17, 15) is 9.18 Å². The Bertz CT molecular complexity index is 985. The lowest BCUT2D eigenvalue weighted by atomic mass is 10.2. The smallest absolute Gasteiger partial charge is 0.269 e. The van der Waals surface area contributed by atoms with Gasteiger partial charge in [-0.3, -0.25) is 9.69 Å². The molecule has 0 radical (unpaired) electrons. The summed E-state index contributed by atoms with van der Waals surface area (Å²) in [5.41, 5.74) is 0.594. The molecule has 2 aromatic carbocycles. The van der Waals surface area contributed by atoms with E-state index in [1.165, 1.54) is 24.1 Å². The summed E-state index contributed by atoms with van der Waals surface area (Å²) in [6.07, 6.45) is 0.765.